The van der Waals surface area contributed by atoms with E-state index in [0.717, 1.165) is 13.0 Å². The molecule has 1 atom stereocenters. The van der Waals surface area contributed by atoms with Gasteiger partial charge in [0.25, 0.3) is 0 Å². The Bertz CT molecular complexity index is 63.4. The maximum Gasteiger partial charge on any atom is 0 e. The largest absolute Gasteiger partial charge is 0.344 e. The van der Waals surface area contributed by atoms with Crippen molar-refractivity contribution in [3.8, 4) is 0 Å². The maximum atomic E-state index is 3.92. The zero-order chi connectivity index (χ0) is 5.33. The number of nitrogens with one attached hydrogen (secondary N) is 1. The van der Waals surface area contributed by atoms with Crippen LogP contribution in [-0.2, 0) is 32.7 Å². The van der Waals surface area contributed by atoms with Crippen molar-refractivity contribution in [1.82, 2.24) is 5.32 Å². The molecule has 1 aliphatic heterocycles. The van der Waals surface area contributed by atoms with E-state index in [-0.39, 0.29) is 38.2 Å². The second-order valence-electron chi connectivity index (χ2n) is 2.21. The fourth-order valence-electron chi connectivity index (χ4n) is 0.692. The fraction of sp³-hybridized carbons (Fsp3) is 0.667. The van der Waals surface area contributed by atoms with Gasteiger partial charge in [0.05, 0.1) is 0 Å². The summed E-state index contributed by atoms with van der Waals surface area (Å²) in [5, 5.41) is 3.20. The smallest absolute Gasteiger partial charge is 0 e. The first kappa shape index (κ1) is 9.06. The summed E-state index contributed by atoms with van der Waals surface area (Å²) in [6.07, 6.45) is 2.10. The first-order valence-electron chi connectivity index (χ1n) is 2.66. The van der Waals surface area contributed by atoms with Crippen LogP contribution in [0.1, 0.15) is 12.8 Å². The normalized spacial score (nSPS) is 35.2. The van der Waals surface area contributed by atoms with Gasteiger partial charge in [0, 0.05) is 32.7 Å². The summed E-state index contributed by atoms with van der Waals surface area (Å²) in [4.78, 5) is 0. The summed E-state index contributed by atoms with van der Waals surface area (Å²) in [7, 11) is 0. The van der Waals surface area contributed by atoms with Gasteiger partial charge in [0.2, 0.25) is 0 Å². The van der Waals surface area contributed by atoms with E-state index in [9.17, 15) is 0 Å². The molecule has 1 rings (SSSR count). The van der Waals surface area contributed by atoms with Crippen LogP contribution in [0.15, 0.2) is 0 Å². The Hall–Kier alpha value is 1.06. The molecule has 0 spiro atoms. The minimum Gasteiger partial charge on any atom is -0.344 e. The minimum atomic E-state index is 0. The summed E-state index contributed by atoms with van der Waals surface area (Å²) < 4.78 is 0. The Morgan fingerprint density at radius 1 is 1.62 bits per heavy atom. The Morgan fingerprint density at radius 2 is 2.12 bits per heavy atom. The van der Waals surface area contributed by atoms with Crippen LogP contribution >= 0.6 is 0 Å². The monoisotopic (exact) mass is 186 g/mol. The summed E-state index contributed by atoms with van der Waals surface area (Å²) >= 11 is 0. The Balaban J connectivity index is 0.000000490. The molecule has 1 aliphatic rings. The first-order valence-corrected chi connectivity index (χ1v) is 2.66. The van der Waals surface area contributed by atoms with E-state index in [1.54, 1.807) is 0 Å². The molecule has 1 radical (unpaired) electrons. The van der Waals surface area contributed by atoms with Crippen LogP contribution < -0.4 is 5.32 Å². The molecule has 0 aromatic rings. The average molecular weight is 186 g/mol. The van der Waals surface area contributed by atoms with Crippen molar-refractivity contribution in [3.63, 3.8) is 0 Å². The molecule has 0 bridgehead atoms. The third-order valence-corrected chi connectivity index (χ3v) is 1.58. The molecular formula is C6H11NY-2. The molecule has 0 aromatic heterocycles. The molecule has 1 saturated heterocycles. The zero-order valence-electron chi connectivity index (χ0n) is 5.11. The maximum absolute atomic E-state index is 3.92. The van der Waals surface area contributed by atoms with Crippen molar-refractivity contribution in [2.75, 3.05) is 6.54 Å². The van der Waals surface area contributed by atoms with Gasteiger partial charge in [-0.15, -0.1) is 5.54 Å². The fourth-order valence-corrected chi connectivity index (χ4v) is 0.692. The van der Waals surface area contributed by atoms with Crippen LogP contribution in [0.4, 0.5) is 0 Å². The number of hydrogen-bond donors (Lipinski definition) is 1. The van der Waals surface area contributed by atoms with Crippen LogP contribution in [0.5, 0.6) is 0 Å². The van der Waals surface area contributed by atoms with Crippen molar-refractivity contribution in [2.24, 2.45) is 0 Å². The van der Waals surface area contributed by atoms with Gasteiger partial charge in [0.1, 0.15) is 0 Å². The Labute approximate surface area is 76.5 Å². The van der Waals surface area contributed by atoms with E-state index in [1.807, 2.05) is 0 Å². The van der Waals surface area contributed by atoms with Gasteiger partial charge < -0.3 is 19.2 Å². The SMILES string of the molecule is [CH2-]CC1([CH2-])CCN1.[Y]. The average Bonchev–Trinajstić information content (AvgIpc) is 1.61. The molecule has 1 N–H and O–H groups in total. The van der Waals surface area contributed by atoms with Gasteiger partial charge in [-0.1, -0.05) is 6.42 Å². The second-order valence-corrected chi connectivity index (χ2v) is 2.21. The van der Waals surface area contributed by atoms with E-state index >= 15 is 0 Å². The van der Waals surface area contributed by atoms with Crippen molar-refractivity contribution >= 4 is 0 Å². The molecule has 0 aromatic carbocycles. The molecule has 0 saturated carbocycles. The van der Waals surface area contributed by atoms with Crippen molar-refractivity contribution in [1.29, 1.82) is 0 Å². The molecule has 1 unspecified atom stereocenters. The van der Waals surface area contributed by atoms with Crippen molar-refractivity contribution in [2.45, 2.75) is 18.4 Å². The summed E-state index contributed by atoms with van der Waals surface area (Å²) in [6, 6.07) is 0. The van der Waals surface area contributed by atoms with Gasteiger partial charge >= 0.3 is 0 Å². The quantitative estimate of drug-likeness (QED) is 0.596. The van der Waals surface area contributed by atoms with Gasteiger partial charge in [-0.25, -0.2) is 0 Å². The van der Waals surface area contributed by atoms with Crippen molar-refractivity contribution in [3.05, 3.63) is 13.8 Å². The molecule has 1 fully saturated rings. The van der Waals surface area contributed by atoms with E-state index in [4.69, 9.17) is 0 Å². The Kier molecular flexibility index (Phi) is 3.72. The van der Waals surface area contributed by atoms with Gasteiger partial charge in [-0.2, -0.15) is 6.42 Å². The predicted molar refractivity (Wildman–Crippen MR) is 30.7 cm³/mol. The van der Waals surface area contributed by atoms with E-state index < -0.39 is 0 Å². The second kappa shape index (κ2) is 3.29. The molecule has 45 valence electrons. The van der Waals surface area contributed by atoms with Crippen LogP contribution in [0, 0.1) is 13.8 Å². The molecule has 1 heterocycles. The zero-order valence-corrected chi connectivity index (χ0v) is 7.95. The minimum absolute atomic E-state index is 0. The molecular weight excluding hydrogens is 175 g/mol. The third-order valence-electron chi connectivity index (χ3n) is 1.58. The molecule has 8 heavy (non-hydrogen) atoms. The number of hydrogen-bond acceptors (Lipinski definition) is 1. The molecule has 0 amide bonds. The van der Waals surface area contributed by atoms with E-state index in [0.29, 0.717) is 0 Å². The molecule has 0 aliphatic carbocycles. The number of rotatable bonds is 1. The summed E-state index contributed by atoms with van der Waals surface area (Å²) in [5.74, 6) is 0. The van der Waals surface area contributed by atoms with E-state index in [2.05, 4.69) is 19.2 Å². The topological polar surface area (TPSA) is 12.0 Å². The van der Waals surface area contributed by atoms with Gasteiger partial charge in [-0.05, 0) is 6.54 Å². The van der Waals surface area contributed by atoms with Crippen LogP contribution in [0.2, 0.25) is 0 Å². The van der Waals surface area contributed by atoms with Crippen LogP contribution in [-0.4, -0.2) is 12.1 Å². The van der Waals surface area contributed by atoms with Crippen molar-refractivity contribution < 1.29 is 32.7 Å². The van der Waals surface area contributed by atoms with E-state index in [1.165, 1.54) is 6.42 Å². The summed E-state index contributed by atoms with van der Waals surface area (Å²) in [5.41, 5.74) is 0.153. The Morgan fingerprint density at radius 3 is 2.12 bits per heavy atom. The first-order chi connectivity index (χ1) is 3.27. The van der Waals surface area contributed by atoms with Crippen LogP contribution in [0.25, 0.3) is 0 Å². The predicted octanol–water partition coefficient (Wildman–Crippen LogP) is 0.774. The third kappa shape index (κ3) is 1.78. The summed E-state index contributed by atoms with van der Waals surface area (Å²) in [6.45, 7) is 8.80. The molecule has 1 nitrogen and oxygen atoms in total. The van der Waals surface area contributed by atoms with Gasteiger partial charge in [-0.3, -0.25) is 0 Å². The standard InChI is InChI=1S/C6H11N.Y/c1-3-6(2)4-5-7-6;/h7H,1-5H2;/q-2;. The van der Waals surface area contributed by atoms with Gasteiger partial charge in [0.15, 0.2) is 0 Å². The van der Waals surface area contributed by atoms with Crippen LogP contribution in [0.3, 0.4) is 0 Å². The molecule has 2 heteroatoms.